The van der Waals surface area contributed by atoms with Gasteiger partial charge in [0.1, 0.15) is 17.5 Å². The van der Waals surface area contributed by atoms with Crippen molar-refractivity contribution >= 4 is 16.9 Å². The Bertz CT molecular complexity index is 1020. The number of aromatic nitrogens is 4. The maximum atomic E-state index is 14.0. The van der Waals surface area contributed by atoms with Crippen LogP contribution in [0.25, 0.3) is 11.0 Å². The number of hydrogen-bond acceptors (Lipinski definition) is 4. The summed E-state index contributed by atoms with van der Waals surface area (Å²) in [4.78, 5) is 8.84. The number of alkyl halides is 3. The monoisotopic (exact) mass is 379 g/mol. The zero-order valence-corrected chi connectivity index (χ0v) is 14.7. The number of hydrogen-bond donors (Lipinski definition) is 1. The molecule has 0 spiro atoms. The molecule has 2 heterocycles. The van der Waals surface area contributed by atoms with Gasteiger partial charge in [-0.2, -0.15) is 18.3 Å². The van der Waals surface area contributed by atoms with Gasteiger partial charge in [-0.15, -0.1) is 0 Å². The summed E-state index contributed by atoms with van der Waals surface area (Å²) in [6, 6.07) is 3.08. The van der Waals surface area contributed by atoms with Crippen LogP contribution in [-0.2, 0) is 18.3 Å². The molecule has 1 aliphatic carbocycles. The molecule has 1 fully saturated rings. The van der Waals surface area contributed by atoms with Crippen LogP contribution in [0, 0.1) is 12.7 Å². The molecule has 142 valence electrons. The molecule has 0 aliphatic heterocycles. The number of rotatable bonds is 4. The first-order valence-corrected chi connectivity index (χ1v) is 8.59. The number of halogens is 4. The van der Waals surface area contributed by atoms with Crippen molar-refractivity contribution in [1.82, 2.24) is 19.7 Å². The van der Waals surface area contributed by atoms with E-state index in [0.717, 1.165) is 17.5 Å². The number of nitrogens with zero attached hydrogens (tertiary/aromatic N) is 4. The third-order valence-corrected chi connectivity index (χ3v) is 4.84. The third-order valence-electron chi connectivity index (χ3n) is 4.84. The van der Waals surface area contributed by atoms with Crippen molar-refractivity contribution in [3.05, 3.63) is 47.2 Å². The Labute approximate surface area is 152 Å². The summed E-state index contributed by atoms with van der Waals surface area (Å²) < 4.78 is 54.2. The van der Waals surface area contributed by atoms with Gasteiger partial charge in [-0.3, -0.25) is 0 Å². The van der Waals surface area contributed by atoms with Gasteiger partial charge in [0.05, 0.1) is 22.7 Å². The highest BCUT2D eigenvalue weighted by Gasteiger charge is 2.46. The minimum atomic E-state index is -4.71. The van der Waals surface area contributed by atoms with Gasteiger partial charge in [-0.05, 0) is 44.4 Å². The lowest BCUT2D eigenvalue weighted by Crippen LogP contribution is -2.21. The normalized spacial score (nSPS) is 15.9. The topological polar surface area (TPSA) is 55.6 Å². The van der Waals surface area contributed by atoms with Crippen LogP contribution in [0.2, 0.25) is 0 Å². The van der Waals surface area contributed by atoms with Crippen molar-refractivity contribution in [1.29, 1.82) is 0 Å². The Morgan fingerprint density at radius 2 is 1.96 bits per heavy atom. The Morgan fingerprint density at radius 1 is 1.22 bits per heavy atom. The second kappa shape index (κ2) is 5.90. The summed E-state index contributed by atoms with van der Waals surface area (Å²) >= 11 is 0. The number of fused-ring (bicyclic) bond motifs is 1. The van der Waals surface area contributed by atoms with E-state index >= 15 is 0 Å². The average Bonchev–Trinajstić information content (AvgIpc) is 3.25. The van der Waals surface area contributed by atoms with Gasteiger partial charge in [-0.1, -0.05) is 6.07 Å². The molecule has 9 heteroatoms. The fourth-order valence-electron chi connectivity index (χ4n) is 3.27. The van der Waals surface area contributed by atoms with Crippen molar-refractivity contribution in [3.63, 3.8) is 0 Å². The molecule has 0 unspecified atom stereocenters. The molecule has 0 atom stereocenters. The number of anilines is 1. The van der Waals surface area contributed by atoms with Gasteiger partial charge in [0, 0.05) is 6.54 Å². The van der Waals surface area contributed by atoms with Gasteiger partial charge in [0.15, 0.2) is 5.65 Å². The Hall–Kier alpha value is -2.71. The average molecular weight is 379 g/mol. The van der Waals surface area contributed by atoms with E-state index in [-0.39, 0.29) is 0 Å². The number of nitrogens with one attached hydrogen (secondary N) is 1. The van der Waals surface area contributed by atoms with Gasteiger partial charge >= 0.3 is 6.18 Å². The zero-order valence-electron chi connectivity index (χ0n) is 14.7. The van der Waals surface area contributed by atoms with Crippen LogP contribution >= 0.6 is 0 Å². The van der Waals surface area contributed by atoms with E-state index in [2.05, 4.69) is 20.4 Å². The Balaban J connectivity index is 1.72. The van der Waals surface area contributed by atoms with E-state index in [1.165, 1.54) is 6.07 Å². The zero-order chi connectivity index (χ0) is 19.4. The molecule has 1 saturated carbocycles. The first kappa shape index (κ1) is 17.7. The second-order valence-electron chi connectivity index (χ2n) is 6.72. The molecule has 0 amide bonds. The largest absolute Gasteiger partial charge is 0.419 e. The molecule has 1 N–H and O–H groups in total. The molecular weight excluding hydrogens is 362 g/mol. The molecule has 27 heavy (non-hydrogen) atoms. The maximum Gasteiger partial charge on any atom is 0.419 e. The smallest absolute Gasteiger partial charge is 0.360 e. The lowest BCUT2D eigenvalue weighted by Gasteiger charge is -2.20. The van der Waals surface area contributed by atoms with Gasteiger partial charge in [0.25, 0.3) is 0 Å². The molecular formula is C18H17F4N5. The number of benzene rings is 1. The summed E-state index contributed by atoms with van der Waals surface area (Å²) in [7, 11) is 0. The van der Waals surface area contributed by atoms with E-state index in [9.17, 15) is 17.6 Å². The summed E-state index contributed by atoms with van der Waals surface area (Å²) in [5, 5.41) is 8.30. The fraction of sp³-hybridized carbons (Fsp3) is 0.389. The van der Waals surface area contributed by atoms with Crippen LogP contribution in [-0.4, -0.2) is 19.7 Å². The molecule has 1 aliphatic rings. The molecule has 5 nitrogen and oxygen atoms in total. The third kappa shape index (κ3) is 3.00. The highest BCUT2D eigenvalue weighted by Crippen LogP contribution is 2.49. The fourth-order valence-corrected chi connectivity index (χ4v) is 3.27. The quantitative estimate of drug-likeness (QED) is 0.682. The molecule has 3 aromatic rings. The molecule has 0 saturated heterocycles. The molecule has 0 radical (unpaired) electrons. The summed E-state index contributed by atoms with van der Waals surface area (Å²) in [5.41, 5.74) is -0.735. The van der Waals surface area contributed by atoms with Crippen LogP contribution in [0.3, 0.4) is 0 Å². The lowest BCUT2D eigenvalue weighted by molar-refractivity contribution is -0.140. The minimum absolute atomic E-state index is 0.472. The van der Waals surface area contributed by atoms with Crippen LogP contribution < -0.4 is 5.32 Å². The van der Waals surface area contributed by atoms with Crippen molar-refractivity contribution in [2.45, 2.75) is 44.9 Å². The number of aryl methyl sites for hydroxylation is 2. The molecule has 2 aromatic heterocycles. The van der Waals surface area contributed by atoms with Crippen molar-refractivity contribution in [2.75, 3.05) is 5.32 Å². The Morgan fingerprint density at radius 3 is 2.56 bits per heavy atom. The van der Waals surface area contributed by atoms with Gasteiger partial charge < -0.3 is 5.32 Å². The predicted molar refractivity (Wildman–Crippen MR) is 91.7 cm³/mol. The van der Waals surface area contributed by atoms with Crippen molar-refractivity contribution in [2.24, 2.45) is 0 Å². The van der Waals surface area contributed by atoms with E-state index in [0.29, 0.717) is 42.2 Å². The Kier molecular flexibility index (Phi) is 3.87. The summed E-state index contributed by atoms with van der Waals surface area (Å²) in [6.07, 6.45) is -1.71. The summed E-state index contributed by atoms with van der Waals surface area (Å²) in [6.45, 7) is 4.36. The van der Waals surface area contributed by atoms with E-state index in [1.54, 1.807) is 17.8 Å². The lowest BCUT2D eigenvalue weighted by atomic mass is 10.0. The van der Waals surface area contributed by atoms with Gasteiger partial charge in [-0.25, -0.2) is 19.0 Å². The van der Waals surface area contributed by atoms with E-state index < -0.39 is 23.1 Å². The van der Waals surface area contributed by atoms with Crippen LogP contribution in [0.4, 0.5) is 23.4 Å². The SMILES string of the molecule is CCn1ncc2c(NC3(c4ccc(C(F)(F)F)c(F)c4)CC3)nc(C)nc21. The standard InChI is InChI=1S/C18H17F4N5/c1-3-27-16-12(9-23-27)15(24-10(2)25-16)26-17(6-7-17)11-4-5-13(14(19)8-11)18(20,21)22/h4-5,8-9H,3,6-7H2,1-2H3,(H,24,25,26). The second-order valence-corrected chi connectivity index (χ2v) is 6.72. The highest BCUT2D eigenvalue weighted by atomic mass is 19.4. The minimum Gasteiger partial charge on any atom is -0.360 e. The highest BCUT2D eigenvalue weighted by molar-refractivity contribution is 5.87. The van der Waals surface area contributed by atoms with E-state index in [1.807, 2.05) is 6.92 Å². The first-order chi connectivity index (χ1) is 12.7. The van der Waals surface area contributed by atoms with Crippen LogP contribution in [0.5, 0.6) is 0 Å². The molecule has 1 aromatic carbocycles. The van der Waals surface area contributed by atoms with Crippen LogP contribution in [0.15, 0.2) is 24.4 Å². The predicted octanol–water partition coefficient (Wildman–Crippen LogP) is 4.41. The van der Waals surface area contributed by atoms with Crippen molar-refractivity contribution in [3.8, 4) is 0 Å². The van der Waals surface area contributed by atoms with E-state index in [4.69, 9.17) is 0 Å². The van der Waals surface area contributed by atoms with Crippen molar-refractivity contribution < 1.29 is 17.6 Å². The van der Waals surface area contributed by atoms with Crippen LogP contribution in [0.1, 0.15) is 36.7 Å². The maximum absolute atomic E-state index is 14.0. The van der Waals surface area contributed by atoms with Gasteiger partial charge in [0.2, 0.25) is 0 Å². The molecule has 4 rings (SSSR count). The summed E-state index contributed by atoms with van der Waals surface area (Å²) in [5.74, 6) is -0.166. The first-order valence-electron chi connectivity index (χ1n) is 8.59. The molecule has 0 bridgehead atoms.